The van der Waals surface area contributed by atoms with Gasteiger partial charge in [0.1, 0.15) is 0 Å². The van der Waals surface area contributed by atoms with E-state index in [1.807, 2.05) is 0 Å². The highest BCUT2D eigenvalue weighted by Crippen LogP contribution is 2.38. The first-order valence-corrected chi connectivity index (χ1v) is 6.96. The Kier molecular flexibility index (Phi) is 3.34. The van der Waals surface area contributed by atoms with Gasteiger partial charge in [0.25, 0.3) is 0 Å². The first-order valence-electron chi connectivity index (χ1n) is 6.96. The topological polar surface area (TPSA) is 64.9 Å². The van der Waals surface area contributed by atoms with Gasteiger partial charge in [-0.15, -0.1) is 0 Å². The van der Waals surface area contributed by atoms with Crippen LogP contribution in [0.5, 0.6) is 0 Å². The third-order valence-electron chi connectivity index (χ3n) is 3.81. The highest BCUT2D eigenvalue weighted by atomic mass is 16.5. The molecule has 4 heteroatoms. The monoisotopic (exact) mass is 257 g/mol. The van der Waals surface area contributed by atoms with Crippen LogP contribution in [0.2, 0.25) is 0 Å². The average molecular weight is 257 g/mol. The second-order valence-electron chi connectivity index (χ2n) is 5.20. The Labute approximate surface area is 113 Å². The van der Waals surface area contributed by atoms with E-state index in [1.165, 1.54) is 11.1 Å². The fraction of sp³-hybridized carbons (Fsp3) is 0.467. The highest BCUT2D eigenvalue weighted by Gasteiger charge is 2.31. The molecule has 1 aromatic heterocycles. The van der Waals surface area contributed by atoms with Crippen molar-refractivity contribution in [3.8, 4) is 0 Å². The molecule has 1 aliphatic carbocycles. The lowest BCUT2D eigenvalue weighted by Crippen LogP contribution is -2.19. The van der Waals surface area contributed by atoms with Crippen LogP contribution < -0.4 is 5.73 Å². The summed E-state index contributed by atoms with van der Waals surface area (Å²) >= 11 is 0. The van der Waals surface area contributed by atoms with Gasteiger partial charge in [-0.05, 0) is 24.0 Å². The Morgan fingerprint density at radius 3 is 3.05 bits per heavy atom. The van der Waals surface area contributed by atoms with Gasteiger partial charge < -0.3 is 10.3 Å². The molecule has 1 aliphatic rings. The molecule has 0 aliphatic heterocycles. The fourth-order valence-corrected chi connectivity index (χ4v) is 2.58. The molecule has 0 saturated carbocycles. The minimum Gasteiger partial charge on any atom is -0.338 e. The number of hydrogen-bond donors (Lipinski definition) is 1. The molecule has 2 unspecified atom stereocenters. The van der Waals surface area contributed by atoms with Crippen molar-refractivity contribution in [2.45, 2.75) is 44.6 Å². The van der Waals surface area contributed by atoms with Crippen molar-refractivity contribution in [3.63, 3.8) is 0 Å². The summed E-state index contributed by atoms with van der Waals surface area (Å²) in [6, 6.07) is 8.28. The molecule has 2 atom stereocenters. The van der Waals surface area contributed by atoms with Gasteiger partial charge >= 0.3 is 0 Å². The molecule has 1 aromatic carbocycles. The quantitative estimate of drug-likeness (QED) is 0.894. The number of rotatable bonds is 5. The summed E-state index contributed by atoms with van der Waals surface area (Å²) < 4.78 is 5.31. The molecule has 0 fully saturated rings. The Morgan fingerprint density at radius 2 is 2.26 bits per heavy atom. The maximum Gasteiger partial charge on any atom is 0.243 e. The van der Waals surface area contributed by atoms with Gasteiger partial charge in [0, 0.05) is 0 Å². The Balaban J connectivity index is 1.73. The lowest BCUT2D eigenvalue weighted by atomic mass is 9.77. The summed E-state index contributed by atoms with van der Waals surface area (Å²) in [6.07, 6.45) is 4.12. The molecule has 2 aromatic rings. The predicted molar refractivity (Wildman–Crippen MR) is 72.7 cm³/mol. The molecule has 0 spiro atoms. The molecular formula is C15H19N3O. The predicted octanol–water partition coefficient (Wildman–Crippen LogP) is 2.95. The third-order valence-corrected chi connectivity index (χ3v) is 3.81. The summed E-state index contributed by atoms with van der Waals surface area (Å²) in [5, 5.41) is 4.10. The van der Waals surface area contributed by atoms with Crippen molar-refractivity contribution < 1.29 is 4.52 Å². The largest absolute Gasteiger partial charge is 0.338 e. The molecular weight excluding hydrogens is 238 g/mol. The van der Waals surface area contributed by atoms with E-state index < -0.39 is 0 Å². The minimum atomic E-state index is -0.128. The van der Waals surface area contributed by atoms with E-state index >= 15 is 0 Å². The standard InChI is InChI=1S/C15H19N3O/c1-2-3-8-13(16)15-17-14(18-19-15)12-9-10-6-4-5-7-11(10)12/h4-7,12-13H,2-3,8-9,16H2,1H3. The number of unbranched alkanes of at least 4 members (excludes halogenated alkanes) is 1. The van der Waals surface area contributed by atoms with Gasteiger partial charge in [-0.2, -0.15) is 4.98 Å². The summed E-state index contributed by atoms with van der Waals surface area (Å²) in [7, 11) is 0. The van der Waals surface area contributed by atoms with Crippen LogP contribution in [0.4, 0.5) is 0 Å². The van der Waals surface area contributed by atoms with Gasteiger partial charge in [0.15, 0.2) is 5.82 Å². The van der Waals surface area contributed by atoms with Gasteiger partial charge in [-0.3, -0.25) is 0 Å². The molecule has 3 rings (SSSR count). The number of benzene rings is 1. The number of fused-ring (bicyclic) bond motifs is 1. The lowest BCUT2D eigenvalue weighted by Gasteiger charge is -2.27. The summed E-state index contributed by atoms with van der Waals surface area (Å²) in [5.74, 6) is 1.64. The van der Waals surface area contributed by atoms with E-state index in [1.54, 1.807) is 0 Å². The first-order chi connectivity index (χ1) is 9.29. The third kappa shape index (κ3) is 2.28. The highest BCUT2D eigenvalue weighted by molar-refractivity contribution is 5.43. The van der Waals surface area contributed by atoms with Crippen LogP contribution in [-0.2, 0) is 6.42 Å². The normalized spacial score (nSPS) is 18.7. The zero-order chi connectivity index (χ0) is 13.2. The zero-order valence-corrected chi connectivity index (χ0v) is 11.2. The fourth-order valence-electron chi connectivity index (χ4n) is 2.58. The Morgan fingerprint density at radius 1 is 1.42 bits per heavy atom. The molecule has 0 radical (unpaired) electrons. The summed E-state index contributed by atoms with van der Waals surface area (Å²) in [5.41, 5.74) is 8.75. The molecule has 0 saturated heterocycles. The van der Waals surface area contributed by atoms with E-state index in [-0.39, 0.29) is 12.0 Å². The molecule has 2 N–H and O–H groups in total. The minimum absolute atomic E-state index is 0.128. The van der Waals surface area contributed by atoms with Crippen molar-refractivity contribution in [2.75, 3.05) is 0 Å². The van der Waals surface area contributed by atoms with Crippen LogP contribution in [0.1, 0.15) is 61.0 Å². The second kappa shape index (κ2) is 5.13. The van der Waals surface area contributed by atoms with Crippen LogP contribution in [0.25, 0.3) is 0 Å². The molecule has 1 heterocycles. The summed E-state index contributed by atoms with van der Waals surface area (Å²) in [4.78, 5) is 4.48. The maximum absolute atomic E-state index is 6.05. The van der Waals surface area contributed by atoms with E-state index in [2.05, 4.69) is 41.3 Å². The molecule has 0 bridgehead atoms. The Bertz CT molecular complexity index is 564. The molecule has 19 heavy (non-hydrogen) atoms. The van der Waals surface area contributed by atoms with E-state index in [0.717, 1.165) is 31.5 Å². The molecule has 0 amide bonds. The van der Waals surface area contributed by atoms with E-state index in [9.17, 15) is 0 Å². The van der Waals surface area contributed by atoms with Crippen molar-refractivity contribution in [1.29, 1.82) is 0 Å². The average Bonchev–Trinajstić information content (AvgIpc) is 2.87. The molecule has 100 valence electrons. The van der Waals surface area contributed by atoms with Crippen LogP contribution >= 0.6 is 0 Å². The van der Waals surface area contributed by atoms with Crippen LogP contribution in [-0.4, -0.2) is 10.1 Å². The SMILES string of the molecule is CCCCC(N)c1nc(C2Cc3ccccc32)no1. The Hall–Kier alpha value is -1.68. The van der Waals surface area contributed by atoms with Gasteiger partial charge in [0.2, 0.25) is 5.89 Å². The first kappa shape index (κ1) is 12.4. The van der Waals surface area contributed by atoms with Crippen LogP contribution in [0.3, 0.4) is 0 Å². The van der Waals surface area contributed by atoms with Gasteiger partial charge in [-0.1, -0.05) is 49.2 Å². The van der Waals surface area contributed by atoms with E-state index in [0.29, 0.717) is 5.89 Å². The van der Waals surface area contributed by atoms with E-state index in [4.69, 9.17) is 10.3 Å². The summed E-state index contributed by atoms with van der Waals surface area (Å²) in [6.45, 7) is 2.15. The number of aromatic nitrogens is 2. The number of nitrogens with zero attached hydrogens (tertiary/aromatic N) is 2. The van der Waals surface area contributed by atoms with Crippen molar-refractivity contribution in [1.82, 2.24) is 10.1 Å². The van der Waals surface area contributed by atoms with Crippen molar-refractivity contribution >= 4 is 0 Å². The number of hydrogen-bond acceptors (Lipinski definition) is 4. The van der Waals surface area contributed by atoms with Crippen molar-refractivity contribution in [2.24, 2.45) is 5.73 Å². The smallest absolute Gasteiger partial charge is 0.243 e. The zero-order valence-electron chi connectivity index (χ0n) is 11.2. The molecule has 4 nitrogen and oxygen atoms in total. The van der Waals surface area contributed by atoms with Crippen LogP contribution in [0, 0.1) is 0 Å². The van der Waals surface area contributed by atoms with Crippen molar-refractivity contribution in [3.05, 3.63) is 47.1 Å². The van der Waals surface area contributed by atoms with Gasteiger partial charge in [0.05, 0.1) is 12.0 Å². The lowest BCUT2D eigenvalue weighted by molar-refractivity contribution is 0.341. The maximum atomic E-state index is 6.05. The van der Waals surface area contributed by atoms with Crippen LogP contribution in [0.15, 0.2) is 28.8 Å². The second-order valence-corrected chi connectivity index (χ2v) is 5.20. The number of nitrogens with two attached hydrogens (primary N) is 1. The van der Waals surface area contributed by atoms with Gasteiger partial charge in [-0.25, -0.2) is 0 Å².